The van der Waals surface area contributed by atoms with Gasteiger partial charge in [-0.2, -0.15) is 11.8 Å². The number of benzene rings is 3. The van der Waals surface area contributed by atoms with Gasteiger partial charge >= 0.3 is 0 Å². The van der Waals surface area contributed by atoms with E-state index in [9.17, 15) is 4.79 Å². The molecule has 0 fully saturated rings. The highest BCUT2D eigenvalue weighted by Gasteiger charge is 2.16. The van der Waals surface area contributed by atoms with Crippen molar-refractivity contribution < 1.29 is 9.53 Å². The van der Waals surface area contributed by atoms with Crippen LogP contribution in [-0.4, -0.2) is 50.4 Å². The van der Waals surface area contributed by atoms with E-state index < -0.39 is 0 Å². The van der Waals surface area contributed by atoms with Gasteiger partial charge < -0.3 is 15.0 Å². The smallest absolute Gasteiger partial charge is 0.251 e. The van der Waals surface area contributed by atoms with Crippen molar-refractivity contribution in [2.24, 2.45) is 0 Å². The predicted octanol–water partition coefficient (Wildman–Crippen LogP) is 5.35. The molecule has 32 heavy (non-hydrogen) atoms. The van der Waals surface area contributed by atoms with Crippen LogP contribution in [0.1, 0.15) is 22.3 Å². The Bertz CT molecular complexity index is 962. The molecule has 0 atom stereocenters. The largest absolute Gasteiger partial charge is 0.493 e. The van der Waals surface area contributed by atoms with Crippen molar-refractivity contribution in [1.82, 2.24) is 10.2 Å². The molecule has 1 amide bonds. The Morgan fingerprint density at radius 2 is 1.66 bits per heavy atom. The molecule has 3 aromatic rings. The minimum Gasteiger partial charge on any atom is -0.493 e. The Morgan fingerprint density at radius 3 is 2.38 bits per heavy atom. The number of hydrogen-bond donors (Lipinski definition) is 1. The molecule has 0 saturated heterocycles. The first kappa shape index (κ1) is 23.9. The van der Waals surface area contributed by atoms with E-state index in [0.717, 1.165) is 52.5 Å². The van der Waals surface area contributed by atoms with Crippen molar-refractivity contribution in [3.05, 3.63) is 90.0 Å². The lowest BCUT2D eigenvalue weighted by Crippen LogP contribution is -2.28. The van der Waals surface area contributed by atoms with Gasteiger partial charge in [-0.15, -0.1) is 0 Å². The minimum absolute atomic E-state index is 0.00215. The van der Waals surface area contributed by atoms with Gasteiger partial charge in [0.25, 0.3) is 5.91 Å². The van der Waals surface area contributed by atoms with Crippen LogP contribution >= 0.6 is 11.8 Å². The van der Waals surface area contributed by atoms with E-state index in [0.29, 0.717) is 13.2 Å². The Kier molecular flexibility index (Phi) is 9.66. The molecule has 168 valence electrons. The summed E-state index contributed by atoms with van der Waals surface area (Å²) >= 11 is 1.79. The Morgan fingerprint density at radius 1 is 0.938 bits per heavy atom. The number of nitrogens with zero attached hydrogens (tertiary/aromatic N) is 1. The van der Waals surface area contributed by atoms with Gasteiger partial charge in [-0.1, -0.05) is 60.7 Å². The van der Waals surface area contributed by atoms with Crippen LogP contribution in [0.2, 0.25) is 0 Å². The molecule has 0 aliphatic rings. The fraction of sp³-hybridized carbons (Fsp3) is 0.296. The first-order chi connectivity index (χ1) is 15.6. The van der Waals surface area contributed by atoms with Crippen molar-refractivity contribution in [3.8, 4) is 16.9 Å². The molecule has 0 aromatic heterocycles. The quantitative estimate of drug-likeness (QED) is 0.379. The van der Waals surface area contributed by atoms with Gasteiger partial charge in [-0.3, -0.25) is 4.79 Å². The number of thioether (sulfide) groups is 1. The number of carbonyl (C=O) groups is 1. The molecular weight excluding hydrogens is 416 g/mol. The summed E-state index contributed by atoms with van der Waals surface area (Å²) in [6, 6.07) is 26.2. The van der Waals surface area contributed by atoms with E-state index >= 15 is 0 Å². The molecule has 0 bridgehead atoms. The summed E-state index contributed by atoms with van der Waals surface area (Å²) in [5.41, 5.74) is 4.08. The van der Waals surface area contributed by atoms with Crippen LogP contribution in [0.15, 0.2) is 78.9 Å². The summed E-state index contributed by atoms with van der Waals surface area (Å²) in [5.74, 6) is 2.49. The van der Waals surface area contributed by atoms with Crippen molar-refractivity contribution >= 4 is 17.7 Å². The summed E-state index contributed by atoms with van der Waals surface area (Å²) < 4.78 is 5.82. The van der Waals surface area contributed by atoms with E-state index in [1.54, 1.807) is 11.8 Å². The van der Waals surface area contributed by atoms with Crippen molar-refractivity contribution in [2.75, 3.05) is 39.5 Å². The van der Waals surface area contributed by atoms with Gasteiger partial charge in [0.05, 0.1) is 6.61 Å². The first-order valence-electron chi connectivity index (χ1n) is 11.0. The average molecular weight is 449 g/mol. The van der Waals surface area contributed by atoms with Crippen LogP contribution in [0.3, 0.4) is 0 Å². The predicted molar refractivity (Wildman–Crippen MR) is 135 cm³/mol. The van der Waals surface area contributed by atoms with Crippen LogP contribution in [-0.2, 0) is 5.75 Å². The highest BCUT2D eigenvalue weighted by molar-refractivity contribution is 7.98. The third kappa shape index (κ3) is 7.43. The van der Waals surface area contributed by atoms with E-state index in [4.69, 9.17) is 4.74 Å². The zero-order valence-corrected chi connectivity index (χ0v) is 19.7. The lowest BCUT2D eigenvalue weighted by atomic mass is 9.96. The molecule has 0 saturated carbocycles. The Labute approximate surface area is 196 Å². The number of ether oxygens (including phenoxy) is 1. The molecule has 0 radical (unpaired) electrons. The standard InChI is InChI=1S/C27H32N2O2S/c1-29(2)18-10-17-28-27(30)25-16-9-15-24(22-11-5-3-6-12-22)26(25)21-32-20-19-31-23-13-7-4-8-14-23/h3-9,11-16H,10,17-21H2,1-2H3,(H,28,30). The Hall–Kier alpha value is -2.76. The van der Waals surface area contributed by atoms with Crippen molar-refractivity contribution in [3.63, 3.8) is 0 Å². The summed E-state index contributed by atoms with van der Waals surface area (Å²) in [6.45, 7) is 2.26. The maximum Gasteiger partial charge on any atom is 0.251 e. The highest BCUT2D eigenvalue weighted by Crippen LogP contribution is 2.30. The maximum atomic E-state index is 13.0. The fourth-order valence-corrected chi connectivity index (χ4v) is 4.31. The van der Waals surface area contributed by atoms with Gasteiger partial charge in [-0.05, 0) is 62.0 Å². The number of amides is 1. The third-order valence-corrected chi connectivity index (χ3v) is 6.01. The van der Waals surface area contributed by atoms with E-state index in [1.165, 1.54) is 0 Å². The topological polar surface area (TPSA) is 41.6 Å². The number of hydrogen-bond acceptors (Lipinski definition) is 4. The second kappa shape index (κ2) is 12.9. The summed E-state index contributed by atoms with van der Waals surface area (Å²) in [4.78, 5) is 15.1. The number of rotatable bonds is 12. The van der Waals surface area contributed by atoms with Gasteiger partial charge in [0.15, 0.2) is 0 Å². The summed E-state index contributed by atoms with van der Waals surface area (Å²) in [7, 11) is 4.09. The van der Waals surface area contributed by atoms with Crippen LogP contribution in [0, 0.1) is 0 Å². The normalized spacial score (nSPS) is 10.8. The second-order valence-electron chi connectivity index (χ2n) is 7.82. The second-order valence-corrected chi connectivity index (χ2v) is 8.93. The monoisotopic (exact) mass is 448 g/mol. The van der Waals surface area contributed by atoms with Crippen LogP contribution in [0.4, 0.5) is 0 Å². The SMILES string of the molecule is CN(C)CCCNC(=O)c1cccc(-c2ccccc2)c1CSCCOc1ccccc1. The minimum atomic E-state index is -0.00215. The van der Waals surface area contributed by atoms with Gasteiger partial charge in [0, 0.05) is 23.6 Å². The molecule has 3 rings (SSSR count). The molecule has 1 N–H and O–H groups in total. The molecule has 0 aliphatic carbocycles. The van der Waals surface area contributed by atoms with E-state index in [-0.39, 0.29) is 5.91 Å². The third-order valence-electron chi connectivity index (χ3n) is 5.06. The molecule has 0 heterocycles. The van der Waals surface area contributed by atoms with Gasteiger partial charge in [0.2, 0.25) is 0 Å². The van der Waals surface area contributed by atoms with Crippen LogP contribution < -0.4 is 10.1 Å². The zero-order chi connectivity index (χ0) is 22.6. The number of para-hydroxylation sites is 1. The lowest BCUT2D eigenvalue weighted by molar-refractivity contribution is 0.0951. The molecule has 0 aliphatic heterocycles. The molecule has 0 unspecified atom stereocenters. The summed E-state index contributed by atoms with van der Waals surface area (Å²) in [6.07, 6.45) is 0.929. The lowest BCUT2D eigenvalue weighted by Gasteiger charge is -2.16. The van der Waals surface area contributed by atoms with E-state index in [1.807, 2.05) is 74.8 Å². The Balaban J connectivity index is 1.68. The van der Waals surface area contributed by atoms with E-state index in [2.05, 4.69) is 28.4 Å². The number of carbonyl (C=O) groups excluding carboxylic acids is 1. The summed E-state index contributed by atoms with van der Waals surface area (Å²) in [5, 5.41) is 3.10. The van der Waals surface area contributed by atoms with Crippen LogP contribution in [0.25, 0.3) is 11.1 Å². The zero-order valence-electron chi connectivity index (χ0n) is 18.9. The molecule has 0 spiro atoms. The number of nitrogens with one attached hydrogen (secondary N) is 1. The highest BCUT2D eigenvalue weighted by atomic mass is 32.2. The molecule has 3 aromatic carbocycles. The van der Waals surface area contributed by atoms with Gasteiger partial charge in [0.1, 0.15) is 5.75 Å². The van der Waals surface area contributed by atoms with Crippen molar-refractivity contribution in [1.29, 1.82) is 0 Å². The first-order valence-corrected chi connectivity index (χ1v) is 12.2. The molecular formula is C27H32N2O2S. The van der Waals surface area contributed by atoms with Crippen molar-refractivity contribution in [2.45, 2.75) is 12.2 Å². The van der Waals surface area contributed by atoms with Gasteiger partial charge in [-0.25, -0.2) is 0 Å². The molecule has 5 heteroatoms. The fourth-order valence-electron chi connectivity index (χ4n) is 3.45. The maximum absolute atomic E-state index is 13.0. The average Bonchev–Trinajstić information content (AvgIpc) is 2.82. The molecule has 4 nitrogen and oxygen atoms in total. The van der Waals surface area contributed by atoms with Crippen LogP contribution in [0.5, 0.6) is 5.75 Å².